The zero-order valence-electron chi connectivity index (χ0n) is 15.8. The van der Waals surface area contributed by atoms with Gasteiger partial charge >= 0.3 is 12.1 Å². The van der Waals surface area contributed by atoms with Gasteiger partial charge in [-0.3, -0.25) is 9.78 Å². The average Bonchev–Trinajstić information content (AvgIpc) is 2.95. The minimum absolute atomic E-state index is 0.00799. The van der Waals surface area contributed by atoms with Gasteiger partial charge in [0, 0.05) is 26.0 Å². The van der Waals surface area contributed by atoms with Crippen LogP contribution in [0.25, 0.3) is 0 Å². The fourth-order valence-electron chi connectivity index (χ4n) is 3.30. The van der Waals surface area contributed by atoms with Crippen molar-refractivity contribution in [2.75, 3.05) is 26.9 Å². The number of carbonyl (C=O) groups is 2. The molecular formula is C18H23F3N2O6. The van der Waals surface area contributed by atoms with Crippen molar-refractivity contribution in [1.82, 2.24) is 9.88 Å². The Morgan fingerprint density at radius 2 is 2.10 bits per heavy atom. The number of fused-ring (bicyclic) bond motifs is 2. The Morgan fingerprint density at radius 1 is 1.38 bits per heavy atom. The highest BCUT2D eigenvalue weighted by Crippen LogP contribution is 2.32. The van der Waals surface area contributed by atoms with Gasteiger partial charge in [-0.05, 0) is 24.5 Å². The Morgan fingerprint density at radius 3 is 2.69 bits per heavy atom. The number of carbonyl (C=O) groups excluding carboxylic acids is 1. The quantitative estimate of drug-likeness (QED) is 0.773. The van der Waals surface area contributed by atoms with Gasteiger partial charge in [0.25, 0.3) is 0 Å². The topological polar surface area (TPSA) is 98.2 Å². The molecule has 29 heavy (non-hydrogen) atoms. The summed E-state index contributed by atoms with van der Waals surface area (Å²) < 4.78 is 48.7. The molecule has 3 unspecified atom stereocenters. The van der Waals surface area contributed by atoms with E-state index in [1.54, 1.807) is 19.5 Å². The standard InChI is InChI=1S/C16H22N2O4.C2HF3O2/c1-20-11-15(19)18-7-8-21-14-5-4-13(18)16(14)22-10-12-3-2-6-17-9-12;3-2(4,5)1(6)7/h2-3,6,9,13-14,16H,4-5,7-8,10-11H2,1H3;(H,6,7). The van der Waals surface area contributed by atoms with Gasteiger partial charge in [-0.2, -0.15) is 13.2 Å². The average molecular weight is 420 g/mol. The lowest BCUT2D eigenvalue weighted by Crippen LogP contribution is -2.47. The lowest BCUT2D eigenvalue weighted by atomic mass is 10.1. The Hall–Kier alpha value is -2.24. The van der Waals surface area contributed by atoms with E-state index >= 15 is 0 Å². The normalized spacial score (nSPS) is 23.7. The van der Waals surface area contributed by atoms with Crippen LogP contribution in [0, 0.1) is 0 Å². The maximum absolute atomic E-state index is 12.2. The summed E-state index contributed by atoms with van der Waals surface area (Å²) in [6, 6.07) is 3.96. The SMILES string of the molecule is COCC(=O)N1CCOC2CCC1C2OCc1cccnc1.O=C(O)C(F)(F)F. The van der Waals surface area contributed by atoms with Crippen LogP contribution in [-0.2, 0) is 30.4 Å². The van der Waals surface area contributed by atoms with Crippen molar-refractivity contribution < 1.29 is 42.1 Å². The summed E-state index contributed by atoms with van der Waals surface area (Å²) in [7, 11) is 1.54. The van der Waals surface area contributed by atoms with E-state index in [0.29, 0.717) is 19.8 Å². The van der Waals surface area contributed by atoms with Crippen molar-refractivity contribution in [3.8, 4) is 0 Å². The number of ether oxygens (including phenoxy) is 3. The first kappa shape index (κ1) is 23.0. The number of halogens is 3. The smallest absolute Gasteiger partial charge is 0.475 e. The lowest BCUT2D eigenvalue weighted by molar-refractivity contribution is -0.192. The highest BCUT2D eigenvalue weighted by molar-refractivity contribution is 5.78. The molecule has 2 fully saturated rings. The second-order valence-electron chi connectivity index (χ2n) is 6.51. The fourth-order valence-corrected chi connectivity index (χ4v) is 3.30. The summed E-state index contributed by atoms with van der Waals surface area (Å²) in [5, 5.41) is 7.12. The molecule has 1 saturated heterocycles. The molecule has 11 heteroatoms. The maximum Gasteiger partial charge on any atom is 0.490 e. The first-order chi connectivity index (χ1) is 13.7. The largest absolute Gasteiger partial charge is 0.490 e. The van der Waals surface area contributed by atoms with Crippen molar-refractivity contribution in [1.29, 1.82) is 0 Å². The van der Waals surface area contributed by atoms with Gasteiger partial charge in [-0.25, -0.2) is 4.79 Å². The highest BCUT2D eigenvalue weighted by Gasteiger charge is 2.44. The molecule has 1 amide bonds. The molecule has 3 atom stereocenters. The molecule has 2 heterocycles. The van der Waals surface area contributed by atoms with E-state index in [1.165, 1.54) is 0 Å². The van der Waals surface area contributed by atoms with E-state index in [0.717, 1.165) is 18.4 Å². The van der Waals surface area contributed by atoms with E-state index in [9.17, 15) is 18.0 Å². The summed E-state index contributed by atoms with van der Waals surface area (Å²) in [6.45, 7) is 1.76. The van der Waals surface area contributed by atoms with Crippen LogP contribution in [0.5, 0.6) is 0 Å². The summed E-state index contributed by atoms with van der Waals surface area (Å²) in [5.41, 5.74) is 1.03. The predicted octanol–water partition coefficient (Wildman–Crippen LogP) is 1.64. The molecule has 1 saturated carbocycles. The number of rotatable bonds is 5. The van der Waals surface area contributed by atoms with Crippen molar-refractivity contribution >= 4 is 11.9 Å². The molecule has 2 aliphatic rings. The summed E-state index contributed by atoms with van der Waals surface area (Å²) in [6.07, 6.45) is 0.294. The molecular weight excluding hydrogens is 397 g/mol. The van der Waals surface area contributed by atoms with Gasteiger partial charge in [0.2, 0.25) is 5.91 Å². The van der Waals surface area contributed by atoms with Gasteiger partial charge < -0.3 is 24.2 Å². The Kier molecular flexibility index (Phi) is 8.35. The van der Waals surface area contributed by atoms with Crippen molar-refractivity contribution in [3.63, 3.8) is 0 Å². The zero-order valence-corrected chi connectivity index (χ0v) is 15.8. The van der Waals surface area contributed by atoms with Crippen LogP contribution in [-0.4, -0.2) is 78.2 Å². The molecule has 1 aromatic rings. The summed E-state index contributed by atoms with van der Waals surface area (Å²) >= 11 is 0. The van der Waals surface area contributed by atoms with Crippen molar-refractivity contribution in [3.05, 3.63) is 30.1 Å². The molecule has 2 bridgehead atoms. The number of carboxylic acid groups (broad SMARTS) is 1. The molecule has 1 aliphatic carbocycles. The monoisotopic (exact) mass is 420 g/mol. The third kappa shape index (κ3) is 6.65. The van der Waals surface area contributed by atoms with Crippen LogP contribution in [0.2, 0.25) is 0 Å². The number of alkyl halides is 3. The number of carboxylic acids is 1. The lowest BCUT2D eigenvalue weighted by Gasteiger charge is -2.31. The van der Waals surface area contributed by atoms with E-state index < -0.39 is 12.1 Å². The van der Waals surface area contributed by atoms with Gasteiger partial charge in [0.05, 0.1) is 25.4 Å². The van der Waals surface area contributed by atoms with E-state index in [2.05, 4.69) is 4.98 Å². The van der Waals surface area contributed by atoms with Gasteiger partial charge in [-0.1, -0.05) is 6.07 Å². The van der Waals surface area contributed by atoms with Crippen LogP contribution in [0.3, 0.4) is 0 Å². The molecule has 162 valence electrons. The van der Waals surface area contributed by atoms with E-state index in [-0.39, 0.29) is 30.8 Å². The van der Waals surface area contributed by atoms with Crippen molar-refractivity contribution in [2.24, 2.45) is 0 Å². The van der Waals surface area contributed by atoms with E-state index in [4.69, 9.17) is 24.1 Å². The maximum atomic E-state index is 12.2. The van der Waals surface area contributed by atoms with Gasteiger partial charge in [0.15, 0.2) is 0 Å². The Balaban J connectivity index is 0.000000370. The number of hydrogen-bond donors (Lipinski definition) is 1. The van der Waals surface area contributed by atoms with Crippen LogP contribution in [0.4, 0.5) is 13.2 Å². The first-order valence-corrected chi connectivity index (χ1v) is 8.94. The molecule has 8 nitrogen and oxygen atoms in total. The fraction of sp³-hybridized carbons (Fsp3) is 0.611. The number of aliphatic carboxylic acids is 1. The molecule has 0 spiro atoms. The number of amides is 1. The number of nitrogens with zero attached hydrogens (tertiary/aromatic N) is 2. The van der Waals surface area contributed by atoms with Crippen LogP contribution in [0.15, 0.2) is 24.5 Å². The first-order valence-electron chi connectivity index (χ1n) is 8.94. The Bertz CT molecular complexity index is 673. The van der Waals surface area contributed by atoms with Crippen LogP contribution in [0.1, 0.15) is 18.4 Å². The molecule has 1 aliphatic heterocycles. The third-order valence-corrected chi connectivity index (χ3v) is 4.55. The minimum atomic E-state index is -5.08. The van der Waals surface area contributed by atoms with Gasteiger partial charge in [0.1, 0.15) is 12.7 Å². The van der Waals surface area contributed by atoms with Crippen molar-refractivity contribution in [2.45, 2.75) is 43.9 Å². The zero-order chi connectivity index (χ0) is 21.4. The molecule has 1 aromatic heterocycles. The van der Waals surface area contributed by atoms with Crippen LogP contribution < -0.4 is 0 Å². The molecule has 3 rings (SSSR count). The molecule has 0 aromatic carbocycles. The number of aromatic nitrogens is 1. The second kappa shape index (κ2) is 10.5. The predicted molar refractivity (Wildman–Crippen MR) is 92.9 cm³/mol. The number of pyridine rings is 1. The third-order valence-electron chi connectivity index (χ3n) is 4.55. The Labute approximate surface area is 165 Å². The van der Waals surface area contributed by atoms with Gasteiger partial charge in [-0.15, -0.1) is 0 Å². The summed E-state index contributed by atoms with van der Waals surface area (Å²) in [4.78, 5) is 27.1. The second-order valence-corrected chi connectivity index (χ2v) is 6.51. The van der Waals surface area contributed by atoms with E-state index in [1.807, 2.05) is 17.0 Å². The summed E-state index contributed by atoms with van der Waals surface area (Å²) in [5.74, 6) is -2.75. The molecule has 0 radical (unpaired) electrons. The number of hydrogen-bond acceptors (Lipinski definition) is 6. The van der Waals surface area contributed by atoms with Crippen LogP contribution >= 0.6 is 0 Å². The minimum Gasteiger partial charge on any atom is -0.475 e. The highest BCUT2D eigenvalue weighted by atomic mass is 19.4. The molecule has 1 N–H and O–H groups in total. The number of methoxy groups -OCH3 is 1.